The fourth-order valence-corrected chi connectivity index (χ4v) is 5.65. The zero-order valence-electron chi connectivity index (χ0n) is 21.3. The summed E-state index contributed by atoms with van der Waals surface area (Å²) in [6.07, 6.45) is 0.746. The van der Waals surface area contributed by atoms with Crippen LogP contribution in [0.2, 0.25) is 5.02 Å². The monoisotopic (exact) mass is 540 g/mol. The van der Waals surface area contributed by atoms with E-state index in [0.29, 0.717) is 23.2 Å². The number of benzene rings is 2. The Hall–Kier alpha value is -3.26. The van der Waals surface area contributed by atoms with Crippen molar-refractivity contribution in [2.75, 3.05) is 18.6 Å². The summed E-state index contributed by atoms with van der Waals surface area (Å²) in [4.78, 5) is 7.38. The number of halogens is 4. The first-order valence-electron chi connectivity index (χ1n) is 12.9. The van der Waals surface area contributed by atoms with Crippen LogP contribution in [0, 0.1) is 12.8 Å². The average Bonchev–Trinajstić information content (AvgIpc) is 3.47. The second-order valence-electron chi connectivity index (χ2n) is 10.3. The average molecular weight is 541 g/mol. The standard InChI is InChI=1S/C29H28ClF3N4O/c1-17-26(23-14-21(38-2)12-13-24(23)30)27-34-25-5-3-4-22(25)28(37(27)35-17)36(15-18-6-7-18)16-19-8-10-20(11-9-19)29(31,32)33/h8-14,18H,3-7,15-16H2,1-2H3. The number of nitrogens with zero attached hydrogens (tertiary/aromatic N) is 4. The molecule has 9 heteroatoms. The Labute approximate surface area is 224 Å². The molecule has 0 N–H and O–H groups in total. The van der Waals surface area contributed by atoms with Crippen LogP contribution in [0.4, 0.5) is 19.0 Å². The molecule has 2 aliphatic carbocycles. The van der Waals surface area contributed by atoms with Crippen LogP contribution < -0.4 is 9.64 Å². The summed E-state index contributed by atoms with van der Waals surface area (Å²) in [5.41, 5.74) is 5.65. The second-order valence-corrected chi connectivity index (χ2v) is 10.7. The van der Waals surface area contributed by atoms with Gasteiger partial charge in [0.25, 0.3) is 0 Å². The fraction of sp³-hybridized carbons (Fsp3) is 0.379. The van der Waals surface area contributed by atoms with Crippen LogP contribution in [-0.2, 0) is 25.6 Å². The number of hydrogen-bond acceptors (Lipinski definition) is 4. The van der Waals surface area contributed by atoms with Crippen molar-refractivity contribution in [3.63, 3.8) is 0 Å². The van der Waals surface area contributed by atoms with E-state index >= 15 is 0 Å². The normalized spacial score (nSPS) is 15.2. The molecule has 0 spiro atoms. The Morgan fingerprint density at radius 3 is 2.55 bits per heavy atom. The van der Waals surface area contributed by atoms with E-state index < -0.39 is 11.7 Å². The van der Waals surface area contributed by atoms with Gasteiger partial charge >= 0.3 is 6.18 Å². The predicted octanol–water partition coefficient (Wildman–Crippen LogP) is 7.29. The van der Waals surface area contributed by atoms with Crippen LogP contribution in [0.5, 0.6) is 5.75 Å². The molecule has 0 aliphatic heterocycles. The molecule has 0 unspecified atom stereocenters. The zero-order valence-corrected chi connectivity index (χ0v) is 22.0. The zero-order chi connectivity index (χ0) is 26.6. The highest BCUT2D eigenvalue weighted by Gasteiger charge is 2.32. The Balaban J connectivity index is 1.50. The lowest BCUT2D eigenvalue weighted by Crippen LogP contribution is -2.29. The van der Waals surface area contributed by atoms with E-state index in [1.165, 1.54) is 5.56 Å². The second kappa shape index (κ2) is 9.49. The highest BCUT2D eigenvalue weighted by atomic mass is 35.5. The van der Waals surface area contributed by atoms with E-state index in [1.807, 2.05) is 29.6 Å². The number of hydrogen-bond donors (Lipinski definition) is 0. The van der Waals surface area contributed by atoms with Crippen molar-refractivity contribution in [1.82, 2.24) is 14.6 Å². The molecule has 0 saturated heterocycles. The number of rotatable bonds is 7. The van der Waals surface area contributed by atoms with Gasteiger partial charge in [0.15, 0.2) is 5.65 Å². The molecule has 1 saturated carbocycles. The van der Waals surface area contributed by atoms with Gasteiger partial charge in [-0.2, -0.15) is 22.8 Å². The molecular formula is C29H28ClF3N4O. The molecule has 0 amide bonds. The van der Waals surface area contributed by atoms with E-state index in [0.717, 1.165) is 90.3 Å². The molecule has 2 aliphatic rings. The Morgan fingerprint density at radius 2 is 1.87 bits per heavy atom. The van der Waals surface area contributed by atoms with Gasteiger partial charge in [-0.15, -0.1) is 0 Å². The first-order valence-corrected chi connectivity index (χ1v) is 13.3. The molecule has 2 aromatic heterocycles. The Kier molecular flexibility index (Phi) is 6.25. The van der Waals surface area contributed by atoms with Crippen LogP contribution in [-0.4, -0.2) is 28.3 Å². The van der Waals surface area contributed by atoms with Crippen molar-refractivity contribution in [3.8, 4) is 16.9 Å². The van der Waals surface area contributed by atoms with E-state index in [1.54, 1.807) is 19.2 Å². The van der Waals surface area contributed by atoms with Crippen LogP contribution in [0.15, 0.2) is 42.5 Å². The Morgan fingerprint density at radius 1 is 1.11 bits per heavy atom. The van der Waals surface area contributed by atoms with Gasteiger partial charge in [0, 0.05) is 34.9 Å². The molecule has 1 fully saturated rings. The molecule has 0 radical (unpaired) electrons. The van der Waals surface area contributed by atoms with Gasteiger partial charge in [-0.25, -0.2) is 4.98 Å². The van der Waals surface area contributed by atoms with Crippen molar-refractivity contribution >= 4 is 23.1 Å². The fourth-order valence-electron chi connectivity index (χ4n) is 5.43. The van der Waals surface area contributed by atoms with Crippen molar-refractivity contribution < 1.29 is 17.9 Å². The third kappa shape index (κ3) is 4.59. The molecule has 38 heavy (non-hydrogen) atoms. The van der Waals surface area contributed by atoms with E-state index in [2.05, 4.69) is 4.90 Å². The summed E-state index contributed by atoms with van der Waals surface area (Å²) in [6, 6.07) is 11.0. The molecule has 4 aromatic rings. The molecule has 0 atom stereocenters. The third-order valence-electron chi connectivity index (χ3n) is 7.51. The molecule has 0 bridgehead atoms. The number of alkyl halides is 3. The van der Waals surface area contributed by atoms with Crippen LogP contribution in [0.1, 0.15) is 47.3 Å². The molecular weight excluding hydrogens is 513 g/mol. The lowest BCUT2D eigenvalue weighted by Gasteiger charge is -2.28. The van der Waals surface area contributed by atoms with Crippen LogP contribution in [0.3, 0.4) is 0 Å². The third-order valence-corrected chi connectivity index (χ3v) is 7.84. The van der Waals surface area contributed by atoms with Crippen molar-refractivity contribution in [2.24, 2.45) is 5.92 Å². The van der Waals surface area contributed by atoms with Gasteiger partial charge in [0.2, 0.25) is 0 Å². The van der Waals surface area contributed by atoms with Crippen molar-refractivity contribution in [2.45, 2.75) is 51.7 Å². The lowest BCUT2D eigenvalue weighted by atomic mass is 10.1. The molecule has 6 rings (SSSR count). The maximum absolute atomic E-state index is 13.2. The van der Waals surface area contributed by atoms with Gasteiger partial charge in [-0.1, -0.05) is 23.7 Å². The predicted molar refractivity (Wildman–Crippen MR) is 142 cm³/mol. The van der Waals surface area contributed by atoms with Crippen LogP contribution in [0.25, 0.3) is 16.8 Å². The number of methoxy groups -OCH3 is 1. The van der Waals surface area contributed by atoms with E-state index in [4.69, 9.17) is 26.4 Å². The first-order chi connectivity index (χ1) is 18.2. The maximum Gasteiger partial charge on any atom is 0.416 e. The molecule has 2 heterocycles. The van der Waals surface area contributed by atoms with Gasteiger partial charge in [-0.05, 0) is 80.8 Å². The van der Waals surface area contributed by atoms with Gasteiger partial charge in [0.1, 0.15) is 11.6 Å². The summed E-state index contributed by atoms with van der Waals surface area (Å²) >= 11 is 6.65. The number of fused-ring (bicyclic) bond motifs is 2. The summed E-state index contributed by atoms with van der Waals surface area (Å²) < 4.78 is 46.9. The number of ether oxygens (including phenoxy) is 1. The topological polar surface area (TPSA) is 42.7 Å². The van der Waals surface area contributed by atoms with Crippen molar-refractivity contribution in [3.05, 3.63) is 75.6 Å². The lowest BCUT2D eigenvalue weighted by molar-refractivity contribution is -0.137. The van der Waals surface area contributed by atoms with E-state index in [9.17, 15) is 13.2 Å². The minimum atomic E-state index is -4.35. The largest absolute Gasteiger partial charge is 0.497 e. The van der Waals surface area contributed by atoms with Crippen molar-refractivity contribution in [1.29, 1.82) is 0 Å². The molecule has 5 nitrogen and oxygen atoms in total. The maximum atomic E-state index is 13.2. The molecule has 2 aromatic carbocycles. The van der Waals surface area contributed by atoms with E-state index in [-0.39, 0.29) is 0 Å². The number of anilines is 1. The quantitative estimate of drug-likeness (QED) is 0.247. The van der Waals surface area contributed by atoms with Gasteiger partial charge in [0.05, 0.1) is 23.9 Å². The minimum absolute atomic E-state index is 0.494. The summed E-state index contributed by atoms with van der Waals surface area (Å²) in [5, 5.41) is 5.55. The smallest absolute Gasteiger partial charge is 0.416 e. The van der Waals surface area contributed by atoms with Gasteiger partial charge in [-0.3, -0.25) is 0 Å². The highest BCUT2D eigenvalue weighted by molar-refractivity contribution is 6.33. The summed E-state index contributed by atoms with van der Waals surface area (Å²) in [5.74, 6) is 2.25. The minimum Gasteiger partial charge on any atom is -0.497 e. The van der Waals surface area contributed by atoms with Crippen LogP contribution >= 0.6 is 11.6 Å². The highest BCUT2D eigenvalue weighted by Crippen LogP contribution is 2.41. The molecule has 198 valence electrons. The number of aromatic nitrogens is 3. The number of aryl methyl sites for hydroxylation is 2. The van der Waals surface area contributed by atoms with Gasteiger partial charge < -0.3 is 9.64 Å². The SMILES string of the molecule is COc1ccc(Cl)c(-c2c(C)nn3c(N(Cc4ccc(C(F)(F)F)cc4)CC4CC4)c4c(nc23)CCC4)c1. The first kappa shape index (κ1) is 25.0. The summed E-state index contributed by atoms with van der Waals surface area (Å²) in [6.45, 7) is 3.27. The summed E-state index contributed by atoms with van der Waals surface area (Å²) in [7, 11) is 1.62. The Bertz CT molecular complexity index is 1510.